The van der Waals surface area contributed by atoms with Crippen molar-refractivity contribution in [3.8, 4) is 0 Å². The van der Waals surface area contributed by atoms with Gasteiger partial charge in [0.1, 0.15) is 18.8 Å². The van der Waals surface area contributed by atoms with Gasteiger partial charge in [0, 0.05) is 6.42 Å². The normalized spacial score (nSPS) is 42.1. The zero-order valence-electron chi connectivity index (χ0n) is 16.4. The lowest BCUT2D eigenvalue weighted by molar-refractivity contribution is -0.375. The van der Waals surface area contributed by atoms with Gasteiger partial charge in [0.25, 0.3) is 0 Å². The highest BCUT2D eigenvalue weighted by molar-refractivity contribution is 5.32. The van der Waals surface area contributed by atoms with Crippen LogP contribution in [0.4, 0.5) is 0 Å². The van der Waals surface area contributed by atoms with E-state index in [2.05, 4.69) is 24.3 Å². The molecule has 4 aliphatic rings. The quantitative estimate of drug-likeness (QED) is 0.694. The van der Waals surface area contributed by atoms with Gasteiger partial charge in [-0.05, 0) is 45.2 Å². The Bertz CT molecular complexity index is 744. The first-order valence-electron chi connectivity index (χ1n) is 9.79. The van der Waals surface area contributed by atoms with Gasteiger partial charge in [-0.1, -0.05) is 24.3 Å². The minimum absolute atomic E-state index is 0.205. The summed E-state index contributed by atoms with van der Waals surface area (Å²) in [4.78, 5) is 0. The second kappa shape index (κ2) is 5.75. The molecular weight excluding hydrogens is 348 g/mol. The standard InChI is InChI=1S/C21H28O6/c1-18(2)24-13-21(27-18)20(17-16(12-23-21)25-19(3,4)26-17)11-15-8-6-5-7-14(15)9-10-22-20/h5-8,16-17H,9-13H2,1-4H3/t16-,17-,20-,21+/m1/s1. The van der Waals surface area contributed by atoms with Crippen molar-refractivity contribution in [2.45, 2.75) is 75.7 Å². The summed E-state index contributed by atoms with van der Waals surface area (Å²) >= 11 is 0. The maximum absolute atomic E-state index is 6.62. The summed E-state index contributed by atoms with van der Waals surface area (Å²) in [5, 5.41) is 0. The van der Waals surface area contributed by atoms with E-state index in [0.29, 0.717) is 26.2 Å². The molecule has 0 amide bonds. The molecule has 0 aliphatic carbocycles. The maximum Gasteiger partial charge on any atom is 0.227 e. The van der Waals surface area contributed by atoms with Crippen LogP contribution in [-0.4, -0.2) is 55.0 Å². The third-order valence-corrected chi connectivity index (χ3v) is 6.09. The minimum Gasteiger partial charge on any atom is -0.366 e. The lowest BCUT2D eigenvalue weighted by Crippen LogP contribution is -2.72. The molecule has 6 heteroatoms. The van der Waals surface area contributed by atoms with Gasteiger partial charge in [-0.3, -0.25) is 0 Å². The van der Waals surface area contributed by atoms with Gasteiger partial charge >= 0.3 is 0 Å². The van der Waals surface area contributed by atoms with Crippen molar-refractivity contribution in [3.05, 3.63) is 35.4 Å². The van der Waals surface area contributed by atoms with Crippen LogP contribution in [0, 0.1) is 0 Å². The predicted octanol–water partition coefficient (Wildman–Crippen LogP) is 2.57. The molecule has 0 N–H and O–H groups in total. The maximum atomic E-state index is 6.62. The Labute approximate surface area is 160 Å². The highest BCUT2D eigenvalue weighted by Gasteiger charge is 2.72. The molecule has 1 aromatic carbocycles. The Morgan fingerprint density at radius 1 is 0.889 bits per heavy atom. The van der Waals surface area contributed by atoms with E-state index in [1.807, 2.05) is 27.7 Å². The molecule has 4 heterocycles. The van der Waals surface area contributed by atoms with Crippen LogP contribution < -0.4 is 0 Å². The average molecular weight is 376 g/mol. The zero-order chi connectivity index (χ0) is 18.9. The van der Waals surface area contributed by atoms with Gasteiger partial charge in [0.15, 0.2) is 17.2 Å². The lowest BCUT2D eigenvalue weighted by Gasteiger charge is -2.52. The van der Waals surface area contributed by atoms with Crippen molar-refractivity contribution in [2.75, 3.05) is 19.8 Å². The summed E-state index contributed by atoms with van der Waals surface area (Å²) < 4.78 is 37.9. The molecule has 4 aliphatic heterocycles. The first-order chi connectivity index (χ1) is 12.7. The molecule has 6 nitrogen and oxygen atoms in total. The van der Waals surface area contributed by atoms with Gasteiger partial charge in [0.05, 0.1) is 13.2 Å². The van der Waals surface area contributed by atoms with E-state index >= 15 is 0 Å². The summed E-state index contributed by atoms with van der Waals surface area (Å²) in [5.41, 5.74) is 1.69. The molecular formula is C21H28O6. The zero-order valence-corrected chi connectivity index (χ0v) is 16.4. The molecule has 0 aromatic heterocycles. The summed E-state index contributed by atoms with van der Waals surface area (Å²) in [6.45, 7) is 8.95. The summed E-state index contributed by atoms with van der Waals surface area (Å²) in [7, 11) is 0. The van der Waals surface area contributed by atoms with Crippen LogP contribution in [0.25, 0.3) is 0 Å². The fourth-order valence-corrected chi connectivity index (χ4v) is 4.99. The molecule has 0 bridgehead atoms. The van der Waals surface area contributed by atoms with Crippen molar-refractivity contribution >= 4 is 0 Å². The molecule has 0 saturated carbocycles. The predicted molar refractivity (Wildman–Crippen MR) is 96.2 cm³/mol. The van der Waals surface area contributed by atoms with E-state index in [0.717, 1.165) is 6.42 Å². The van der Waals surface area contributed by atoms with Crippen LogP contribution >= 0.6 is 0 Å². The molecule has 2 spiro atoms. The Balaban J connectivity index is 1.63. The van der Waals surface area contributed by atoms with Gasteiger partial charge < -0.3 is 28.4 Å². The van der Waals surface area contributed by atoms with Gasteiger partial charge in [-0.2, -0.15) is 0 Å². The van der Waals surface area contributed by atoms with Crippen LogP contribution in [0.3, 0.4) is 0 Å². The monoisotopic (exact) mass is 376 g/mol. The van der Waals surface area contributed by atoms with E-state index in [4.69, 9.17) is 28.4 Å². The fraction of sp³-hybridized carbons (Fsp3) is 0.714. The average Bonchev–Trinajstić information content (AvgIpc) is 3.01. The molecule has 4 atom stereocenters. The summed E-state index contributed by atoms with van der Waals surface area (Å²) in [6, 6.07) is 8.46. The highest BCUT2D eigenvalue weighted by atomic mass is 16.9. The molecule has 3 saturated heterocycles. The third kappa shape index (κ3) is 2.69. The van der Waals surface area contributed by atoms with Crippen LogP contribution in [0.2, 0.25) is 0 Å². The summed E-state index contributed by atoms with van der Waals surface area (Å²) in [6.07, 6.45) is 0.969. The van der Waals surface area contributed by atoms with Crippen molar-refractivity contribution in [1.82, 2.24) is 0 Å². The van der Waals surface area contributed by atoms with E-state index in [1.165, 1.54) is 11.1 Å². The topological polar surface area (TPSA) is 55.4 Å². The first kappa shape index (κ1) is 18.0. The Hall–Kier alpha value is -1.02. The van der Waals surface area contributed by atoms with Crippen LogP contribution in [-0.2, 0) is 41.3 Å². The molecule has 27 heavy (non-hydrogen) atoms. The largest absolute Gasteiger partial charge is 0.366 e. The van der Waals surface area contributed by atoms with Crippen molar-refractivity contribution in [1.29, 1.82) is 0 Å². The van der Waals surface area contributed by atoms with E-state index in [1.54, 1.807) is 0 Å². The van der Waals surface area contributed by atoms with Gasteiger partial charge in [-0.15, -0.1) is 0 Å². The number of fused-ring (bicyclic) bond motifs is 4. The lowest BCUT2D eigenvalue weighted by atomic mass is 9.77. The molecule has 5 rings (SSSR count). The number of hydrogen-bond acceptors (Lipinski definition) is 6. The molecule has 0 radical (unpaired) electrons. The Kier molecular flexibility index (Phi) is 3.84. The third-order valence-electron chi connectivity index (χ3n) is 6.09. The number of hydrogen-bond donors (Lipinski definition) is 0. The molecule has 148 valence electrons. The molecule has 3 fully saturated rings. The van der Waals surface area contributed by atoms with E-state index in [-0.39, 0.29) is 12.2 Å². The second-order valence-electron chi connectivity index (χ2n) is 8.88. The van der Waals surface area contributed by atoms with Crippen LogP contribution in [0.1, 0.15) is 38.8 Å². The minimum atomic E-state index is -1.03. The number of ether oxygens (including phenoxy) is 6. The van der Waals surface area contributed by atoms with Crippen LogP contribution in [0.15, 0.2) is 24.3 Å². The van der Waals surface area contributed by atoms with Crippen molar-refractivity contribution < 1.29 is 28.4 Å². The first-order valence-corrected chi connectivity index (χ1v) is 9.79. The smallest absolute Gasteiger partial charge is 0.227 e. The van der Waals surface area contributed by atoms with E-state index in [9.17, 15) is 0 Å². The molecule has 0 unspecified atom stereocenters. The number of benzene rings is 1. The Morgan fingerprint density at radius 3 is 2.41 bits per heavy atom. The van der Waals surface area contributed by atoms with Crippen molar-refractivity contribution in [2.24, 2.45) is 0 Å². The molecule has 1 aromatic rings. The number of rotatable bonds is 0. The van der Waals surface area contributed by atoms with Crippen molar-refractivity contribution in [3.63, 3.8) is 0 Å². The summed E-state index contributed by atoms with van der Waals surface area (Å²) in [5.74, 6) is -2.47. The van der Waals surface area contributed by atoms with Crippen LogP contribution in [0.5, 0.6) is 0 Å². The van der Waals surface area contributed by atoms with Gasteiger partial charge in [-0.25, -0.2) is 0 Å². The van der Waals surface area contributed by atoms with E-state index < -0.39 is 23.0 Å². The van der Waals surface area contributed by atoms with Gasteiger partial charge in [0.2, 0.25) is 5.79 Å². The second-order valence-corrected chi connectivity index (χ2v) is 8.88. The fourth-order valence-electron chi connectivity index (χ4n) is 4.99. The highest BCUT2D eigenvalue weighted by Crippen LogP contribution is 2.53. The Morgan fingerprint density at radius 2 is 1.67 bits per heavy atom. The SMILES string of the molecule is CC1(C)O[C@@H]2[C@@H](CO[C@]3(COC(C)(C)O3)[C@@]23Cc2ccccc2CCO3)O1.